The van der Waals surface area contributed by atoms with E-state index in [1.165, 1.54) is 12.0 Å². The number of halogens is 1. The predicted molar refractivity (Wildman–Crippen MR) is 101 cm³/mol. The zero-order valence-electron chi connectivity index (χ0n) is 15.1. The highest BCUT2D eigenvalue weighted by atomic mass is 35.5. The van der Waals surface area contributed by atoms with Crippen LogP contribution in [0.5, 0.6) is 0 Å². The van der Waals surface area contributed by atoms with Crippen LogP contribution in [-0.4, -0.2) is 42.1 Å². The van der Waals surface area contributed by atoms with Crippen molar-refractivity contribution in [1.29, 1.82) is 0 Å². The van der Waals surface area contributed by atoms with Crippen molar-refractivity contribution in [3.8, 4) is 0 Å². The lowest BCUT2D eigenvalue weighted by atomic mass is 9.73. The number of amides is 1. The van der Waals surface area contributed by atoms with Gasteiger partial charge in [0.15, 0.2) is 0 Å². The standard InChI is InChI=1S/C21H27ClN2O2/c22-18-7-2-1-4-15(18)11-24-12-17-16(10-23-20(25)14-5-3-6-14)19-8-9-21(17,13-24)26-19/h1-2,4,7,14,16-17,19H,3,5-6,8-13H2,(H,23,25)/t16-,17+,19+,21+/m0/s1. The van der Waals surface area contributed by atoms with Crippen LogP contribution in [-0.2, 0) is 16.1 Å². The quantitative estimate of drug-likeness (QED) is 0.860. The number of carbonyl (C=O) groups is 1. The molecule has 0 radical (unpaired) electrons. The van der Waals surface area contributed by atoms with Gasteiger partial charge in [-0.2, -0.15) is 0 Å². The monoisotopic (exact) mass is 374 g/mol. The van der Waals surface area contributed by atoms with E-state index < -0.39 is 0 Å². The lowest BCUT2D eigenvalue weighted by molar-refractivity contribution is -0.127. The summed E-state index contributed by atoms with van der Waals surface area (Å²) in [5, 5.41) is 4.08. The molecule has 4 fully saturated rings. The van der Waals surface area contributed by atoms with E-state index in [0.29, 0.717) is 17.9 Å². The van der Waals surface area contributed by atoms with E-state index in [9.17, 15) is 4.79 Å². The molecule has 1 spiro atoms. The first kappa shape index (κ1) is 17.0. The van der Waals surface area contributed by atoms with Crippen LogP contribution in [0.2, 0.25) is 5.02 Å². The molecule has 1 N–H and O–H groups in total. The fraction of sp³-hybridized carbons (Fsp3) is 0.667. The number of ether oxygens (including phenoxy) is 1. The van der Waals surface area contributed by atoms with Crippen molar-refractivity contribution in [3.63, 3.8) is 0 Å². The maximum absolute atomic E-state index is 12.2. The largest absolute Gasteiger partial charge is 0.370 e. The molecular weight excluding hydrogens is 348 g/mol. The number of nitrogens with one attached hydrogen (secondary N) is 1. The molecule has 2 bridgehead atoms. The molecule has 5 rings (SSSR count). The van der Waals surface area contributed by atoms with Crippen LogP contribution in [0.15, 0.2) is 24.3 Å². The van der Waals surface area contributed by atoms with Crippen molar-refractivity contribution in [2.75, 3.05) is 19.6 Å². The average Bonchev–Trinajstić information content (AvgIpc) is 3.21. The van der Waals surface area contributed by atoms with Crippen molar-refractivity contribution < 1.29 is 9.53 Å². The van der Waals surface area contributed by atoms with Gasteiger partial charge in [0.2, 0.25) is 5.91 Å². The maximum Gasteiger partial charge on any atom is 0.223 e. The highest BCUT2D eigenvalue weighted by Crippen LogP contribution is 2.54. The Morgan fingerprint density at radius 1 is 1.31 bits per heavy atom. The van der Waals surface area contributed by atoms with Crippen LogP contribution in [0.4, 0.5) is 0 Å². The van der Waals surface area contributed by atoms with Crippen molar-refractivity contribution in [3.05, 3.63) is 34.9 Å². The molecule has 1 aromatic carbocycles. The maximum atomic E-state index is 12.2. The molecule has 1 aromatic rings. The van der Waals surface area contributed by atoms with E-state index in [1.54, 1.807) is 0 Å². The highest BCUT2D eigenvalue weighted by molar-refractivity contribution is 6.31. The Hall–Kier alpha value is -1.10. The van der Waals surface area contributed by atoms with Crippen molar-refractivity contribution >= 4 is 17.5 Å². The predicted octanol–water partition coefficient (Wildman–Crippen LogP) is 3.24. The van der Waals surface area contributed by atoms with Crippen LogP contribution >= 0.6 is 11.6 Å². The first-order chi connectivity index (χ1) is 12.6. The van der Waals surface area contributed by atoms with Crippen molar-refractivity contribution in [2.45, 2.75) is 50.4 Å². The van der Waals surface area contributed by atoms with E-state index in [4.69, 9.17) is 16.3 Å². The molecule has 1 amide bonds. The number of hydrogen-bond acceptors (Lipinski definition) is 3. The van der Waals surface area contributed by atoms with Gasteiger partial charge in [-0.1, -0.05) is 36.2 Å². The first-order valence-corrected chi connectivity index (χ1v) is 10.4. The van der Waals surface area contributed by atoms with Gasteiger partial charge in [0.1, 0.15) is 0 Å². The molecule has 1 aliphatic carbocycles. The second-order valence-electron chi connectivity index (χ2n) is 8.66. The molecule has 4 aliphatic rings. The van der Waals surface area contributed by atoms with Gasteiger partial charge in [-0.25, -0.2) is 0 Å². The molecule has 26 heavy (non-hydrogen) atoms. The first-order valence-electron chi connectivity index (χ1n) is 10.1. The highest BCUT2D eigenvalue weighted by Gasteiger charge is 2.62. The molecule has 5 heteroatoms. The Kier molecular flexibility index (Phi) is 4.26. The summed E-state index contributed by atoms with van der Waals surface area (Å²) in [7, 11) is 0. The Balaban J connectivity index is 1.25. The number of nitrogens with zero attached hydrogens (tertiary/aromatic N) is 1. The van der Waals surface area contributed by atoms with Crippen LogP contribution in [0.25, 0.3) is 0 Å². The Morgan fingerprint density at radius 3 is 2.92 bits per heavy atom. The van der Waals surface area contributed by atoms with Crippen molar-refractivity contribution in [2.24, 2.45) is 17.8 Å². The number of carbonyl (C=O) groups excluding carboxylic acids is 1. The molecule has 4 atom stereocenters. The van der Waals surface area contributed by atoms with Gasteiger partial charge < -0.3 is 10.1 Å². The molecule has 3 heterocycles. The van der Waals surface area contributed by atoms with Crippen LogP contribution < -0.4 is 5.32 Å². The summed E-state index contributed by atoms with van der Waals surface area (Å²) in [6.07, 6.45) is 5.97. The summed E-state index contributed by atoms with van der Waals surface area (Å²) in [6.45, 7) is 3.71. The number of rotatable bonds is 5. The van der Waals surface area contributed by atoms with Gasteiger partial charge in [0.25, 0.3) is 0 Å². The van der Waals surface area contributed by atoms with Gasteiger partial charge in [-0.3, -0.25) is 9.69 Å². The average molecular weight is 375 g/mol. The number of hydrogen-bond donors (Lipinski definition) is 1. The third kappa shape index (κ3) is 2.78. The Bertz CT molecular complexity index is 707. The summed E-state index contributed by atoms with van der Waals surface area (Å²) in [6, 6.07) is 8.11. The van der Waals surface area contributed by atoms with Gasteiger partial charge in [0.05, 0.1) is 11.7 Å². The number of fused-ring (bicyclic) bond motifs is 1. The Labute approximate surface area is 160 Å². The SMILES string of the molecule is O=C(NC[C@H]1[C@H]2CN(Cc3ccccc3Cl)C[C@]23CC[C@H]1O3)C1CCC1. The second kappa shape index (κ2) is 6.50. The smallest absolute Gasteiger partial charge is 0.223 e. The molecule has 0 unspecified atom stereocenters. The Morgan fingerprint density at radius 2 is 2.15 bits per heavy atom. The summed E-state index contributed by atoms with van der Waals surface area (Å²) < 4.78 is 6.50. The summed E-state index contributed by atoms with van der Waals surface area (Å²) in [4.78, 5) is 14.7. The minimum absolute atomic E-state index is 0.0117. The topological polar surface area (TPSA) is 41.6 Å². The third-order valence-electron chi connectivity index (χ3n) is 7.19. The van der Waals surface area contributed by atoms with Gasteiger partial charge >= 0.3 is 0 Å². The summed E-state index contributed by atoms with van der Waals surface area (Å²) >= 11 is 6.36. The van der Waals surface area contributed by atoms with Gasteiger partial charge in [-0.15, -0.1) is 0 Å². The van der Waals surface area contributed by atoms with E-state index in [1.807, 2.05) is 12.1 Å². The minimum Gasteiger partial charge on any atom is -0.370 e. The van der Waals surface area contributed by atoms with E-state index in [-0.39, 0.29) is 17.4 Å². The van der Waals surface area contributed by atoms with E-state index in [0.717, 1.165) is 56.9 Å². The molecule has 0 aromatic heterocycles. The number of benzene rings is 1. The molecule has 140 valence electrons. The lowest BCUT2D eigenvalue weighted by Gasteiger charge is -2.31. The summed E-state index contributed by atoms with van der Waals surface area (Å²) in [5.74, 6) is 1.53. The number of likely N-dealkylation sites (tertiary alicyclic amines) is 1. The molecule has 3 aliphatic heterocycles. The molecule has 1 saturated carbocycles. The third-order valence-corrected chi connectivity index (χ3v) is 7.56. The molecule has 4 nitrogen and oxygen atoms in total. The molecular formula is C21H27ClN2O2. The fourth-order valence-corrected chi connectivity index (χ4v) is 5.78. The van der Waals surface area contributed by atoms with Gasteiger partial charge in [0, 0.05) is 49.0 Å². The zero-order chi connectivity index (χ0) is 17.7. The second-order valence-corrected chi connectivity index (χ2v) is 9.07. The van der Waals surface area contributed by atoms with E-state index in [2.05, 4.69) is 22.3 Å². The minimum atomic E-state index is 0.0117. The summed E-state index contributed by atoms with van der Waals surface area (Å²) in [5.41, 5.74) is 1.20. The van der Waals surface area contributed by atoms with Crippen LogP contribution in [0.3, 0.4) is 0 Å². The van der Waals surface area contributed by atoms with E-state index >= 15 is 0 Å². The normalized spacial score (nSPS) is 36.1. The lowest BCUT2D eigenvalue weighted by Crippen LogP contribution is -2.44. The van der Waals surface area contributed by atoms with Crippen molar-refractivity contribution in [1.82, 2.24) is 10.2 Å². The zero-order valence-corrected chi connectivity index (χ0v) is 15.9. The fourth-order valence-electron chi connectivity index (χ4n) is 5.58. The molecule has 3 saturated heterocycles. The van der Waals surface area contributed by atoms with Crippen LogP contribution in [0.1, 0.15) is 37.7 Å². The van der Waals surface area contributed by atoms with Crippen LogP contribution in [0, 0.1) is 17.8 Å². The van der Waals surface area contributed by atoms with Gasteiger partial charge in [-0.05, 0) is 37.3 Å².